The number of hydrogen-bond acceptors (Lipinski definition) is 2. The van der Waals surface area contributed by atoms with Crippen LogP contribution in [0.3, 0.4) is 0 Å². The number of unbranched alkanes of at least 4 members (excludes halogenated alkanes) is 7. The van der Waals surface area contributed by atoms with E-state index in [1.54, 1.807) is 0 Å². The Kier molecular flexibility index (Phi) is 9.34. The molecule has 2 bridgehead atoms. The molecule has 2 aliphatic heterocycles. The Hall–Kier alpha value is -0.860. The number of fused-ring (bicyclic) bond motifs is 2. The van der Waals surface area contributed by atoms with Gasteiger partial charge in [-0.05, 0) is 24.8 Å². The van der Waals surface area contributed by atoms with Gasteiger partial charge in [-0.2, -0.15) is 0 Å². The van der Waals surface area contributed by atoms with Crippen molar-refractivity contribution in [2.75, 3.05) is 13.1 Å². The Morgan fingerprint density at radius 2 is 1.43 bits per heavy atom. The van der Waals surface area contributed by atoms with Crippen LogP contribution in [0.5, 0.6) is 0 Å². The van der Waals surface area contributed by atoms with Gasteiger partial charge in [0.1, 0.15) is 0 Å². The lowest BCUT2D eigenvalue weighted by atomic mass is 9.98. The molecule has 3 rings (SSSR count). The molecule has 1 aromatic rings. The molecule has 0 saturated carbocycles. The molecule has 2 nitrogen and oxygen atoms in total. The van der Waals surface area contributed by atoms with Crippen LogP contribution in [0.25, 0.3) is 0 Å². The lowest BCUT2D eigenvalue weighted by Gasteiger charge is -2.39. The minimum absolute atomic E-state index is 0.795. The standard InChI is InChI=1S/C26H44N2/c1-3-5-7-9-14-18-24(17-13-8-6-4-2)28-22-25-19-26(28)21-27(25)20-23-15-11-10-12-16-23/h10-12,15-16,24-26H,3-9,13-14,17-22H2,1-2H3. The van der Waals surface area contributed by atoms with Gasteiger partial charge in [0.15, 0.2) is 0 Å². The van der Waals surface area contributed by atoms with Crippen LogP contribution in [0, 0.1) is 0 Å². The molecule has 2 heteroatoms. The normalized spacial score (nSPS) is 23.5. The van der Waals surface area contributed by atoms with E-state index in [0.717, 1.165) is 24.7 Å². The van der Waals surface area contributed by atoms with Gasteiger partial charge in [-0.25, -0.2) is 0 Å². The largest absolute Gasteiger partial charge is 0.295 e. The summed E-state index contributed by atoms with van der Waals surface area (Å²) < 4.78 is 0. The van der Waals surface area contributed by atoms with E-state index in [-0.39, 0.29) is 0 Å². The Labute approximate surface area is 174 Å². The van der Waals surface area contributed by atoms with Gasteiger partial charge >= 0.3 is 0 Å². The van der Waals surface area contributed by atoms with E-state index in [0.29, 0.717) is 0 Å². The number of rotatable bonds is 14. The molecule has 0 spiro atoms. The van der Waals surface area contributed by atoms with Crippen LogP contribution < -0.4 is 0 Å². The average molecular weight is 385 g/mol. The molecule has 2 heterocycles. The van der Waals surface area contributed by atoms with Gasteiger partial charge in [-0.3, -0.25) is 9.80 Å². The Bertz CT molecular complexity index is 528. The van der Waals surface area contributed by atoms with Crippen LogP contribution in [0.2, 0.25) is 0 Å². The maximum atomic E-state index is 2.94. The van der Waals surface area contributed by atoms with E-state index >= 15 is 0 Å². The summed E-state index contributed by atoms with van der Waals surface area (Å²) >= 11 is 0. The van der Waals surface area contributed by atoms with Crippen molar-refractivity contribution in [3.05, 3.63) is 35.9 Å². The number of piperazine rings is 1. The van der Waals surface area contributed by atoms with Crippen molar-refractivity contribution in [1.29, 1.82) is 0 Å². The summed E-state index contributed by atoms with van der Waals surface area (Å²) in [5.74, 6) is 0. The molecule has 2 aliphatic rings. The lowest BCUT2D eigenvalue weighted by molar-refractivity contribution is 0.0777. The van der Waals surface area contributed by atoms with Crippen molar-refractivity contribution in [2.24, 2.45) is 0 Å². The summed E-state index contributed by atoms with van der Waals surface area (Å²) in [5, 5.41) is 0. The van der Waals surface area contributed by atoms with Crippen LogP contribution in [0.1, 0.15) is 96.5 Å². The second-order valence-electron chi connectivity index (χ2n) is 9.36. The Morgan fingerprint density at radius 3 is 2.04 bits per heavy atom. The summed E-state index contributed by atoms with van der Waals surface area (Å²) in [7, 11) is 0. The highest BCUT2D eigenvalue weighted by Gasteiger charge is 2.44. The SMILES string of the molecule is CCCCCCCC(CCCCCC)N1CC2CC1CN2Cc1ccccc1. The van der Waals surface area contributed by atoms with Gasteiger partial charge in [0.2, 0.25) is 0 Å². The molecule has 3 unspecified atom stereocenters. The predicted octanol–water partition coefficient (Wildman–Crippen LogP) is 6.64. The molecule has 158 valence electrons. The molecule has 0 aromatic heterocycles. The smallest absolute Gasteiger partial charge is 0.0242 e. The zero-order valence-corrected chi connectivity index (χ0v) is 18.6. The van der Waals surface area contributed by atoms with Crippen LogP contribution in [-0.2, 0) is 6.54 Å². The zero-order valence-electron chi connectivity index (χ0n) is 18.6. The fourth-order valence-corrected chi connectivity index (χ4v) is 5.51. The minimum Gasteiger partial charge on any atom is -0.295 e. The van der Waals surface area contributed by atoms with E-state index in [9.17, 15) is 0 Å². The highest BCUT2D eigenvalue weighted by Crippen LogP contribution is 2.35. The average Bonchev–Trinajstić information content (AvgIpc) is 3.30. The second-order valence-corrected chi connectivity index (χ2v) is 9.36. The molecule has 0 aliphatic carbocycles. The Morgan fingerprint density at radius 1 is 0.786 bits per heavy atom. The fourth-order valence-electron chi connectivity index (χ4n) is 5.51. The summed E-state index contributed by atoms with van der Waals surface area (Å²) in [6.07, 6.45) is 17.0. The third kappa shape index (κ3) is 6.32. The highest BCUT2D eigenvalue weighted by molar-refractivity contribution is 5.16. The second kappa shape index (κ2) is 12.0. The van der Waals surface area contributed by atoms with E-state index in [1.807, 2.05) is 0 Å². The first kappa shape index (κ1) is 21.8. The van der Waals surface area contributed by atoms with Gasteiger partial charge in [0, 0.05) is 37.8 Å². The quantitative estimate of drug-likeness (QED) is 0.331. The molecule has 3 atom stereocenters. The van der Waals surface area contributed by atoms with Crippen molar-refractivity contribution in [3.63, 3.8) is 0 Å². The molecular weight excluding hydrogens is 340 g/mol. The predicted molar refractivity (Wildman–Crippen MR) is 122 cm³/mol. The van der Waals surface area contributed by atoms with Gasteiger partial charge < -0.3 is 0 Å². The van der Waals surface area contributed by atoms with E-state index in [1.165, 1.54) is 95.7 Å². The van der Waals surface area contributed by atoms with Gasteiger partial charge in [0.05, 0.1) is 0 Å². The third-order valence-corrected chi connectivity index (χ3v) is 7.13. The van der Waals surface area contributed by atoms with Crippen LogP contribution in [-0.4, -0.2) is 41.0 Å². The molecule has 0 amide bonds. The molecule has 2 fully saturated rings. The number of nitrogens with zero attached hydrogens (tertiary/aromatic N) is 2. The first-order chi connectivity index (χ1) is 13.8. The first-order valence-corrected chi connectivity index (χ1v) is 12.4. The van der Waals surface area contributed by atoms with Crippen molar-refractivity contribution in [1.82, 2.24) is 9.80 Å². The number of hydrogen-bond donors (Lipinski definition) is 0. The summed E-state index contributed by atoms with van der Waals surface area (Å²) in [4.78, 5) is 5.70. The zero-order chi connectivity index (χ0) is 19.6. The minimum atomic E-state index is 0.795. The molecule has 0 N–H and O–H groups in total. The topological polar surface area (TPSA) is 6.48 Å². The third-order valence-electron chi connectivity index (χ3n) is 7.13. The van der Waals surface area contributed by atoms with Crippen molar-refractivity contribution >= 4 is 0 Å². The van der Waals surface area contributed by atoms with Crippen LogP contribution in [0.15, 0.2) is 30.3 Å². The Balaban J connectivity index is 1.48. The molecule has 2 saturated heterocycles. The molecule has 1 aromatic carbocycles. The van der Waals surface area contributed by atoms with E-state index in [4.69, 9.17) is 0 Å². The number of benzene rings is 1. The maximum Gasteiger partial charge on any atom is 0.0242 e. The van der Waals surface area contributed by atoms with Crippen molar-refractivity contribution in [3.8, 4) is 0 Å². The summed E-state index contributed by atoms with van der Waals surface area (Å²) in [6, 6.07) is 13.5. The van der Waals surface area contributed by atoms with Gasteiger partial charge in [-0.1, -0.05) is 102 Å². The van der Waals surface area contributed by atoms with E-state index in [2.05, 4.69) is 54.0 Å². The van der Waals surface area contributed by atoms with Crippen molar-refractivity contribution < 1.29 is 0 Å². The van der Waals surface area contributed by atoms with Gasteiger partial charge in [-0.15, -0.1) is 0 Å². The van der Waals surface area contributed by atoms with Gasteiger partial charge in [0.25, 0.3) is 0 Å². The molecule has 0 radical (unpaired) electrons. The molecular formula is C26H44N2. The van der Waals surface area contributed by atoms with Crippen LogP contribution >= 0.6 is 0 Å². The summed E-state index contributed by atoms with van der Waals surface area (Å²) in [5.41, 5.74) is 1.48. The van der Waals surface area contributed by atoms with E-state index < -0.39 is 0 Å². The number of likely N-dealkylation sites (tertiary alicyclic amines) is 2. The van der Waals surface area contributed by atoms with Crippen LogP contribution in [0.4, 0.5) is 0 Å². The lowest BCUT2D eigenvalue weighted by Crippen LogP contribution is -2.50. The first-order valence-electron chi connectivity index (χ1n) is 12.4. The fraction of sp³-hybridized carbons (Fsp3) is 0.769. The monoisotopic (exact) mass is 384 g/mol. The molecule has 28 heavy (non-hydrogen) atoms. The highest BCUT2D eigenvalue weighted by atomic mass is 15.4. The van der Waals surface area contributed by atoms with Crippen molar-refractivity contribution in [2.45, 2.75) is 116 Å². The maximum absolute atomic E-state index is 2.94. The summed E-state index contributed by atoms with van der Waals surface area (Å²) in [6.45, 7) is 8.41.